The number of benzene rings is 2. The zero-order valence-electron chi connectivity index (χ0n) is 17.4. The lowest BCUT2D eigenvalue weighted by molar-refractivity contribution is -0.383. The van der Waals surface area contributed by atoms with Gasteiger partial charge in [0.2, 0.25) is 0 Å². The SMILES string of the molecule is O=C(COC(=O)C1(Cc2nc3ccccc3s2)CCCCC1)Nc1ccccc1[N+](=O)[O-]. The molecule has 0 unspecified atom stereocenters. The van der Waals surface area contributed by atoms with Gasteiger partial charge in [0.1, 0.15) is 5.69 Å². The van der Waals surface area contributed by atoms with Gasteiger partial charge in [-0.3, -0.25) is 19.7 Å². The highest BCUT2D eigenvalue weighted by molar-refractivity contribution is 7.18. The van der Waals surface area contributed by atoms with Gasteiger partial charge in [-0.05, 0) is 31.0 Å². The number of nitrogens with zero attached hydrogens (tertiary/aromatic N) is 2. The molecule has 0 aliphatic heterocycles. The van der Waals surface area contributed by atoms with Crippen LogP contribution in [0.4, 0.5) is 11.4 Å². The molecule has 166 valence electrons. The third-order valence-electron chi connectivity index (χ3n) is 5.78. The van der Waals surface area contributed by atoms with E-state index < -0.39 is 28.8 Å². The van der Waals surface area contributed by atoms with Crippen molar-refractivity contribution in [1.82, 2.24) is 4.98 Å². The van der Waals surface area contributed by atoms with E-state index in [-0.39, 0.29) is 11.4 Å². The molecule has 4 rings (SSSR count). The Hall–Kier alpha value is -3.33. The molecule has 8 nitrogen and oxygen atoms in total. The molecule has 0 bridgehead atoms. The summed E-state index contributed by atoms with van der Waals surface area (Å²) in [5.41, 5.74) is 0.0633. The lowest BCUT2D eigenvalue weighted by atomic mass is 9.72. The topological polar surface area (TPSA) is 111 Å². The van der Waals surface area contributed by atoms with Crippen LogP contribution in [0.3, 0.4) is 0 Å². The Kier molecular flexibility index (Phi) is 6.45. The first-order valence-electron chi connectivity index (χ1n) is 10.5. The molecule has 1 heterocycles. The minimum atomic E-state index is -0.703. The summed E-state index contributed by atoms with van der Waals surface area (Å²) in [6.07, 6.45) is 4.76. The van der Waals surface area contributed by atoms with Crippen LogP contribution in [-0.4, -0.2) is 28.4 Å². The molecule has 1 amide bonds. The summed E-state index contributed by atoms with van der Waals surface area (Å²) in [6, 6.07) is 13.7. The van der Waals surface area contributed by atoms with Crippen LogP contribution in [0.1, 0.15) is 37.1 Å². The Morgan fingerprint density at radius 2 is 1.81 bits per heavy atom. The Morgan fingerprint density at radius 3 is 2.56 bits per heavy atom. The molecular formula is C23H23N3O5S. The Bertz CT molecular complexity index is 1120. The van der Waals surface area contributed by atoms with Gasteiger partial charge in [0.05, 0.1) is 25.6 Å². The van der Waals surface area contributed by atoms with Crippen molar-refractivity contribution in [2.24, 2.45) is 5.41 Å². The number of nitro benzene ring substituents is 1. The highest BCUT2D eigenvalue weighted by Crippen LogP contribution is 2.41. The van der Waals surface area contributed by atoms with Crippen LogP contribution < -0.4 is 5.32 Å². The van der Waals surface area contributed by atoms with Crippen molar-refractivity contribution in [2.75, 3.05) is 11.9 Å². The Balaban J connectivity index is 1.44. The number of esters is 1. The fourth-order valence-electron chi connectivity index (χ4n) is 4.18. The molecule has 0 spiro atoms. The van der Waals surface area contributed by atoms with E-state index in [1.807, 2.05) is 24.3 Å². The fourth-order valence-corrected chi connectivity index (χ4v) is 5.29. The number of amides is 1. The van der Waals surface area contributed by atoms with Crippen molar-refractivity contribution in [3.8, 4) is 0 Å². The van der Waals surface area contributed by atoms with Crippen molar-refractivity contribution >= 4 is 44.8 Å². The van der Waals surface area contributed by atoms with Crippen LogP contribution in [0.5, 0.6) is 0 Å². The van der Waals surface area contributed by atoms with E-state index in [1.165, 1.54) is 18.2 Å². The summed E-state index contributed by atoms with van der Waals surface area (Å²) >= 11 is 1.58. The molecule has 9 heteroatoms. The standard InChI is InChI=1S/C23H23N3O5S/c27-20(24-16-8-2-4-10-18(16)26(29)30)15-31-22(28)23(12-6-1-7-13-23)14-21-25-17-9-3-5-11-19(17)32-21/h2-5,8-11H,1,6-7,12-15H2,(H,24,27). The summed E-state index contributed by atoms with van der Waals surface area (Å²) < 4.78 is 6.50. The summed E-state index contributed by atoms with van der Waals surface area (Å²) in [6.45, 7) is -0.494. The van der Waals surface area contributed by atoms with Gasteiger partial charge in [-0.2, -0.15) is 0 Å². The Morgan fingerprint density at radius 1 is 1.09 bits per heavy atom. The average Bonchev–Trinajstić information content (AvgIpc) is 3.20. The summed E-state index contributed by atoms with van der Waals surface area (Å²) in [5.74, 6) is -1.02. The quantitative estimate of drug-likeness (QED) is 0.310. The number of para-hydroxylation sites is 3. The highest BCUT2D eigenvalue weighted by Gasteiger charge is 2.42. The number of nitro groups is 1. The van der Waals surface area contributed by atoms with E-state index in [1.54, 1.807) is 17.4 Å². The monoisotopic (exact) mass is 453 g/mol. The maximum atomic E-state index is 13.1. The molecule has 3 aromatic rings. The number of nitrogens with one attached hydrogen (secondary N) is 1. The second-order valence-corrected chi connectivity index (χ2v) is 9.11. The molecular weight excluding hydrogens is 430 g/mol. The molecule has 32 heavy (non-hydrogen) atoms. The van der Waals surface area contributed by atoms with Crippen LogP contribution in [0, 0.1) is 15.5 Å². The van der Waals surface area contributed by atoms with Crippen molar-refractivity contribution in [3.63, 3.8) is 0 Å². The molecule has 1 fully saturated rings. The van der Waals surface area contributed by atoms with E-state index in [2.05, 4.69) is 10.3 Å². The molecule has 1 aliphatic carbocycles. The number of rotatable bonds is 7. The number of carbonyl (C=O) groups excluding carboxylic acids is 2. The van der Waals surface area contributed by atoms with Gasteiger partial charge in [-0.25, -0.2) is 4.98 Å². The maximum Gasteiger partial charge on any atom is 0.313 e. The number of ether oxygens (including phenoxy) is 1. The predicted molar refractivity (Wildman–Crippen MR) is 122 cm³/mol. The van der Waals surface area contributed by atoms with Crippen molar-refractivity contribution < 1.29 is 19.2 Å². The van der Waals surface area contributed by atoms with Gasteiger partial charge in [0.15, 0.2) is 6.61 Å². The summed E-state index contributed by atoms with van der Waals surface area (Å²) in [7, 11) is 0. The second kappa shape index (κ2) is 9.44. The van der Waals surface area contributed by atoms with Gasteiger partial charge < -0.3 is 10.1 Å². The van der Waals surface area contributed by atoms with Crippen LogP contribution in [0.15, 0.2) is 48.5 Å². The fraction of sp³-hybridized carbons (Fsp3) is 0.348. The lowest BCUT2D eigenvalue weighted by Gasteiger charge is -2.34. The first kappa shape index (κ1) is 21.9. The number of anilines is 1. The minimum absolute atomic E-state index is 0.0698. The third kappa shape index (κ3) is 4.77. The number of aromatic nitrogens is 1. The zero-order chi connectivity index (χ0) is 22.6. The van der Waals surface area contributed by atoms with Gasteiger partial charge in [-0.1, -0.05) is 43.5 Å². The summed E-state index contributed by atoms with van der Waals surface area (Å²) in [5, 5.41) is 14.5. The molecule has 1 aromatic heterocycles. The summed E-state index contributed by atoms with van der Waals surface area (Å²) in [4.78, 5) is 40.7. The molecule has 1 saturated carbocycles. The van der Waals surface area contributed by atoms with Crippen LogP contribution in [-0.2, 0) is 20.7 Å². The van der Waals surface area contributed by atoms with E-state index in [4.69, 9.17) is 4.74 Å². The number of hydrogen-bond donors (Lipinski definition) is 1. The molecule has 1 aliphatic rings. The number of fused-ring (bicyclic) bond motifs is 1. The van der Waals surface area contributed by atoms with Gasteiger partial charge in [-0.15, -0.1) is 11.3 Å². The second-order valence-electron chi connectivity index (χ2n) is 7.99. The normalized spacial score (nSPS) is 15.2. The van der Waals surface area contributed by atoms with E-state index in [9.17, 15) is 19.7 Å². The van der Waals surface area contributed by atoms with Crippen LogP contribution in [0.25, 0.3) is 10.2 Å². The average molecular weight is 454 g/mol. The molecule has 2 aromatic carbocycles. The van der Waals surface area contributed by atoms with E-state index in [0.717, 1.165) is 34.5 Å². The smallest absolute Gasteiger partial charge is 0.313 e. The van der Waals surface area contributed by atoms with Crippen LogP contribution >= 0.6 is 11.3 Å². The van der Waals surface area contributed by atoms with E-state index in [0.29, 0.717) is 19.3 Å². The Labute approximate surface area is 188 Å². The highest BCUT2D eigenvalue weighted by atomic mass is 32.1. The first-order chi connectivity index (χ1) is 15.5. The van der Waals surface area contributed by atoms with E-state index >= 15 is 0 Å². The minimum Gasteiger partial charge on any atom is -0.455 e. The molecule has 0 saturated heterocycles. The maximum absolute atomic E-state index is 13.1. The van der Waals surface area contributed by atoms with Gasteiger partial charge >= 0.3 is 5.97 Å². The van der Waals surface area contributed by atoms with Crippen molar-refractivity contribution in [3.05, 3.63) is 63.7 Å². The number of carbonyl (C=O) groups is 2. The molecule has 0 atom stereocenters. The largest absolute Gasteiger partial charge is 0.455 e. The van der Waals surface area contributed by atoms with Crippen molar-refractivity contribution in [1.29, 1.82) is 0 Å². The first-order valence-corrected chi connectivity index (χ1v) is 11.3. The van der Waals surface area contributed by atoms with Gasteiger partial charge in [0.25, 0.3) is 11.6 Å². The number of thiazole rings is 1. The third-order valence-corrected chi connectivity index (χ3v) is 6.82. The van der Waals surface area contributed by atoms with Gasteiger partial charge in [0, 0.05) is 12.5 Å². The lowest BCUT2D eigenvalue weighted by Crippen LogP contribution is -2.38. The molecule has 1 N–H and O–H groups in total. The number of hydrogen-bond acceptors (Lipinski definition) is 7. The molecule has 0 radical (unpaired) electrons. The zero-order valence-corrected chi connectivity index (χ0v) is 18.2. The van der Waals surface area contributed by atoms with Crippen LogP contribution in [0.2, 0.25) is 0 Å². The van der Waals surface area contributed by atoms with Crippen molar-refractivity contribution in [2.45, 2.75) is 38.5 Å². The predicted octanol–water partition coefficient (Wildman–Crippen LogP) is 4.88.